The fourth-order valence-corrected chi connectivity index (χ4v) is 2.19. The molecular formula is C13H15FN2O. The summed E-state index contributed by atoms with van der Waals surface area (Å²) in [4.78, 5) is 1.97. The number of nitriles is 1. The molecule has 1 aromatic carbocycles. The Hall–Kier alpha value is -1.60. The van der Waals surface area contributed by atoms with Crippen LogP contribution in [0.25, 0.3) is 0 Å². The van der Waals surface area contributed by atoms with Gasteiger partial charge in [0.05, 0.1) is 17.3 Å². The molecule has 0 radical (unpaired) electrons. The first-order chi connectivity index (χ1) is 8.24. The van der Waals surface area contributed by atoms with Crippen LogP contribution >= 0.6 is 0 Å². The first kappa shape index (κ1) is 11.9. The highest BCUT2D eigenvalue weighted by Gasteiger charge is 2.20. The Bertz CT molecular complexity index is 434. The molecule has 90 valence electrons. The molecule has 0 unspecified atom stereocenters. The van der Waals surface area contributed by atoms with Crippen molar-refractivity contribution in [3.05, 3.63) is 29.6 Å². The standard InChI is InChI=1S/C13H15FN2O/c14-12-7-11(8-15)1-2-13(12)16-5-3-10(9-17)4-6-16/h1-2,7,10,17H,3-6,9H2. The zero-order chi connectivity index (χ0) is 12.3. The van der Waals surface area contributed by atoms with Crippen LogP contribution in [0, 0.1) is 23.1 Å². The summed E-state index contributed by atoms with van der Waals surface area (Å²) in [6, 6.07) is 6.49. The minimum absolute atomic E-state index is 0.212. The SMILES string of the molecule is N#Cc1ccc(N2CCC(CO)CC2)c(F)c1. The van der Waals surface area contributed by atoms with Gasteiger partial charge >= 0.3 is 0 Å². The van der Waals surface area contributed by atoms with Crippen molar-refractivity contribution < 1.29 is 9.50 Å². The second-order valence-corrected chi connectivity index (χ2v) is 4.39. The van der Waals surface area contributed by atoms with E-state index in [0.29, 0.717) is 17.2 Å². The van der Waals surface area contributed by atoms with Gasteiger partial charge in [0.2, 0.25) is 0 Å². The topological polar surface area (TPSA) is 47.3 Å². The molecule has 0 atom stereocenters. The van der Waals surface area contributed by atoms with Gasteiger partial charge in [-0.25, -0.2) is 4.39 Å². The van der Waals surface area contributed by atoms with Crippen molar-refractivity contribution >= 4 is 5.69 Å². The fraction of sp³-hybridized carbons (Fsp3) is 0.462. The van der Waals surface area contributed by atoms with E-state index in [1.54, 1.807) is 12.1 Å². The predicted octanol–water partition coefficient (Wildman–Crippen LogP) is 1.91. The lowest BCUT2D eigenvalue weighted by Gasteiger charge is -2.33. The maximum Gasteiger partial charge on any atom is 0.147 e. The van der Waals surface area contributed by atoms with Gasteiger partial charge in [0, 0.05) is 19.7 Å². The number of anilines is 1. The molecule has 0 bridgehead atoms. The van der Waals surface area contributed by atoms with E-state index in [0.717, 1.165) is 25.9 Å². The summed E-state index contributed by atoms with van der Waals surface area (Å²) in [5.74, 6) is -0.000749. The van der Waals surface area contributed by atoms with E-state index >= 15 is 0 Å². The Morgan fingerprint density at radius 2 is 2.12 bits per heavy atom. The number of halogens is 1. The van der Waals surface area contributed by atoms with Crippen LogP contribution in [0.3, 0.4) is 0 Å². The number of aliphatic hydroxyl groups is 1. The highest BCUT2D eigenvalue weighted by molar-refractivity contribution is 5.51. The molecule has 1 heterocycles. The molecule has 1 aliphatic heterocycles. The smallest absolute Gasteiger partial charge is 0.147 e. The molecule has 1 saturated heterocycles. The van der Waals surface area contributed by atoms with E-state index < -0.39 is 0 Å². The van der Waals surface area contributed by atoms with Gasteiger partial charge in [-0.2, -0.15) is 5.26 Å². The Kier molecular flexibility index (Phi) is 3.60. The minimum Gasteiger partial charge on any atom is -0.396 e. The maximum atomic E-state index is 13.8. The third-order valence-electron chi connectivity index (χ3n) is 3.29. The summed E-state index contributed by atoms with van der Waals surface area (Å²) in [5, 5.41) is 17.7. The van der Waals surface area contributed by atoms with Crippen molar-refractivity contribution in [2.24, 2.45) is 5.92 Å². The highest BCUT2D eigenvalue weighted by atomic mass is 19.1. The number of hydrogen-bond acceptors (Lipinski definition) is 3. The third-order valence-corrected chi connectivity index (χ3v) is 3.29. The van der Waals surface area contributed by atoms with Gasteiger partial charge in [-0.1, -0.05) is 0 Å². The summed E-state index contributed by atoms with van der Waals surface area (Å²) in [6.07, 6.45) is 1.77. The first-order valence-electron chi connectivity index (χ1n) is 5.80. The summed E-state index contributed by atoms with van der Waals surface area (Å²) >= 11 is 0. The quantitative estimate of drug-likeness (QED) is 0.850. The molecule has 0 aliphatic carbocycles. The molecule has 1 aliphatic rings. The van der Waals surface area contributed by atoms with E-state index in [4.69, 9.17) is 10.4 Å². The summed E-state index contributed by atoms with van der Waals surface area (Å²) in [5.41, 5.74) is 0.900. The van der Waals surface area contributed by atoms with Gasteiger partial charge in [0.25, 0.3) is 0 Å². The van der Waals surface area contributed by atoms with Crippen LogP contribution in [0.4, 0.5) is 10.1 Å². The van der Waals surface area contributed by atoms with Crippen LogP contribution in [0.1, 0.15) is 18.4 Å². The van der Waals surface area contributed by atoms with Gasteiger partial charge in [-0.15, -0.1) is 0 Å². The molecule has 0 amide bonds. The van der Waals surface area contributed by atoms with Crippen LogP contribution in [0.5, 0.6) is 0 Å². The highest BCUT2D eigenvalue weighted by Crippen LogP contribution is 2.25. The van der Waals surface area contributed by atoms with Crippen molar-refractivity contribution in [2.45, 2.75) is 12.8 Å². The van der Waals surface area contributed by atoms with Gasteiger partial charge in [0.15, 0.2) is 0 Å². The molecular weight excluding hydrogens is 219 g/mol. The number of rotatable bonds is 2. The average Bonchev–Trinajstić information content (AvgIpc) is 2.39. The van der Waals surface area contributed by atoms with Crippen molar-refractivity contribution in [3.8, 4) is 6.07 Å². The molecule has 1 N–H and O–H groups in total. The van der Waals surface area contributed by atoms with Crippen LogP contribution in [0.15, 0.2) is 18.2 Å². The van der Waals surface area contributed by atoms with Crippen LogP contribution in [0.2, 0.25) is 0 Å². The van der Waals surface area contributed by atoms with Crippen molar-refractivity contribution in [1.29, 1.82) is 5.26 Å². The number of nitrogens with zero attached hydrogens (tertiary/aromatic N) is 2. The molecule has 3 nitrogen and oxygen atoms in total. The minimum atomic E-state index is -0.341. The monoisotopic (exact) mass is 234 g/mol. The van der Waals surface area contributed by atoms with Crippen LogP contribution in [-0.4, -0.2) is 24.8 Å². The zero-order valence-electron chi connectivity index (χ0n) is 9.56. The van der Waals surface area contributed by atoms with Crippen LogP contribution in [-0.2, 0) is 0 Å². The van der Waals surface area contributed by atoms with E-state index in [2.05, 4.69) is 0 Å². The van der Waals surface area contributed by atoms with E-state index in [1.807, 2.05) is 11.0 Å². The normalized spacial score (nSPS) is 16.9. The Morgan fingerprint density at radius 1 is 1.41 bits per heavy atom. The molecule has 4 heteroatoms. The molecule has 1 aromatic rings. The van der Waals surface area contributed by atoms with Gasteiger partial charge in [0.1, 0.15) is 5.82 Å². The zero-order valence-corrected chi connectivity index (χ0v) is 9.56. The van der Waals surface area contributed by atoms with E-state index in [-0.39, 0.29) is 12.4 Å². The van der Waals surface area contributed by atoms with Crippen LogP contribution < -0.4 is 4.90 Å². The molecule has 0 aromatic heterocycles. The lowest BCUT2D eigenvalue weighted by molar-refractivity contribution is 0.203. The Balaban J connectivity index is 2.11. The number of aliphatic hydroxyl groups excluding tert-OH is 1. The molecule has 17 heavy (non-hydrogen) atoms. The summed E-state index contributed by atoms with van der Waals surface area (Å²) < 4.78 is 13.8. The van der Waals surface area contributed by atoms with Gasteiger partial charge < -0.3 is 10.0 Å². The third kappa shape index (κ3) is 2.56. The molecule has 1 fully saturated rings. The number of piperidine rings is 1. The second kappa shape index (κ2) is 5.15. The number of hydrogen-bond donors (Lipinski definition) is 1. The largest absolute Gasteiger partial charge is 0.396 e. The average molecular weight is 234 g/mol. The first-order valence-corrected chi connectivity index (χ1v) is 5.80. The Morgan fingerprint density at radius 3 is 2.65 bits per heavy atom. The number of benzene rings is 1. The summed E-state index contributed by atoms with van der Waals surface area (Å²) in [6.45, 7) is 1.73. The van der Waals surface area contributed by atoms with Crippen molar-refractivity contribution in [1.82, 2.24) is 0 Å². The van der Waals surface area contributed by atoms with Crippen molar-refractivity contribution in [2.75, 3.05) is 24.6 Å². The van der Waals surface area contributed by atoms with E-state index in [1.165, 1.54) is 6.07 Å². The molecule has 0 spiro atoms. The molecule has 2 rings (SSSR count). The lowest BCUT2D eigenvalue weighted by Crippen LogP contribution is -2.35. The maximum absolute atomic E-state index is 13.8. The molecule has 0 saturated carbocycles. The summed E-state index contributed by atoms with van der Waals surface area (Å²) in [7, 11) is 0. The van der Waals surface area contributed by atoms with Gasteiger partial charge in [-0.05, 0) is 37.0 Å². The predicted molar refractivity (Wildman–Crippen MR) is 63.1 cm³/mol. The lowest BCUT2D eigenvalue weighted by atomic mass is 9.97. The Labute approximate surface area is 100 Å². The van der Waals surface area contributed by atoms with Gasteiger partial charge in [-0.3, -0.25) is 0 Å². The van der Waals surface area contributed by atoms with E-state index in [9.17, 15) is 4.39 Å². The second-order valence-electron chi connectivity index (χ2n) is 4.39. The van der Waals surface area contributed by atoms with Crippen molar-refractivity contribution in [3.63, 3.8) is 0 Å². The fourth-order valence-electron chi connectivity index (χ4n) is 2.19.